The van der Waals surface area contributed by atoms with E-state index < -0.39 is 10.0 Å². The molecule has 0 amide bonds. The van der Waals surface area contributed by atoms with Gasteiger partial charge in [-0.2, -0.15) is 0 Å². The molecule has 7 heteroatoms. The molecule has 2 N–H and O–H groups in total. The van der Waals surface area contributed by atoms with Gasteiger partial charge in [0.05, 0.1) is 11.4 Å². The molecule has 2 aromatic rings. The van der Waals surface area contributed by atoms with Gasteiger partial charge in [-0.15, -0.1) is 0 Å². The molecule has 0 fully saturated rings. The fraction of sp³-hybridized carbons (Fsp3) is 0.357. The lowest BCUT2D eigenvalue weighted by atomic mass is 10.3. The molecule has 6 nitrogen and oxygen atoms in total. The van der Waals surface area contributed by atoms with Crippen molar-refractivity contribution in [3.8, 4) is 0 Å². The van der Waals surface area contributed by atoms with Gasteiger partial charge in [0, 0.05) is 31.2 Å². The van der Waals surface area contributed by atoms with E-state index in [1.807, 2.05) is 6.20 Å². The lowest BCUT2D eigenvalue weighted by Gasteiger charge is -2.09. The number of nitrogens with zero attached hydrogens (tertiary/aromatic N) is 2. The number of rotatable bonds is 7. The van der Waals surface area contributed by atoms with Crippen LogP contribution in [0.25, 0.3) is 0 Å². The van der Waals surface area contributed by atoms with Crippen molar-refractivity contribution in [3.05, 3.63) is 42.5 Å². The summed E-state index contributed by atoms with van der Waals surface area (Å²) in [6.07, 6.45) is 3.70. The lowest BCUT2D eigenvalue weighted by Crippen LogP contribution is -2.23. The standard InChI is InChI=1S/C14H20N4O2S/c1-3-17-21(19,20)13-7-5-12(6-8-13)16-11-14-15-9-10-18(14)4-2/h5-10,16-17H,3-4,11H2,1-2H3. The number of hydrogen-bond donors (Lipinski definition) is 2. The molecule has 0 saturated carbocycles. The summed E-state index contributed by atoms with van der Waals surface area (Å²) < 4.78 is 28.2. The minimum atomic E-state index is -3.39. The SMILES string of the molecule is CCNS(=O)(=O)c1ccc(NCc2nccn2CC)cc1. The van der Waals surface area contributed by atoms with Crippen LogP contribution in [0.5, 0.6) is 0 Å². The van der Waals surface area contributed by atoms with Gasteiger partial charge in [-0.25, -0.2) is 18.1 Å². The summed E-state index contributed by atoms with van der Waals surface area (Å²) in [6, 6.07) is 6.69. The average molecular weight is 308 g/mol. The first-order valence-electron chi connectivity index (χ1n) is 6.90. The third-order valence-electron chi connectivity index (χ3n) is 3.09. The summed E-state index contributed by atoms with van der Waals surface area (Å²) in [5.41, 5.74) is 0.858. The lowest BCUT2D eigenvalue weighted by molar-refractivity contribution is 0.584. The maximum atomic E-state index is 11.8. The van der Waals surface area contributed by atoms with Crippen LogP contribution in [0.15, 0.2) is 41.6 Å². The zero-order chi connectivity index (χ0) is 15.3. The molecule has 1 aromatic carbocycles. The highest BCUT2D eigenvalue weighted by Crippen LogP contribution is 2.14. The van der Waals surface area contributed by atoms with Gasteiger partial charge in [0.15, 0.2) is 0 Å². The predicted octanol–water partition coefficient (Wildman–Crippen LogP) is 1.81. The second-order valence-corrected chi connectivity index (χ2v) is 6.28. The monoisotopic (exact) mass is 308 g/mol. The molecule has 0 spiro atoms. The maximum absolute atomic E-state index is 11.8. The van der Waals surface area contributed by atoms with Crippen molar-refractivity contribution >= 4 is 15.7 Å². The summed E-state index contributed by atoms with van der Waals surface area (Å²) in [5.74, 6) is 0.946. The summed E-state index contributed by atoms with van der Waals surface area (Å²) in [4.78, 5) is 4.55. The molecule has 1 heterocycles. The Morgan fingerprint density at radius 1 is 1.19 bits per heavy atom. The largest absolute Gasteiger partial charge is 0.378 e. The topological polar surface area (TPSA) is 76.0 Å². The first-order chi connectivity index (χ1) is 10.1. The highest BCUT2D eigenvalue weighted by atomic mass is 32.2. The fourth-order valence-electron chi connectivity index (χ4n) is 2.00. The molecule has 0 atom stereocenters. The molecule has 0 radical (unpaired) electrons. The van der Waals surface area contributed by atoms with Crippen molar-refractivity contribution < 1.29 is 8.42 Å². The van der Waals surface area contributed by atoms with Crippen LogP contribution >= 0.6 is 0 Å². The minimum Gasteiger partial charge on any atom is -0.378 e. The number of sulfonamides is 1. The zero-order valence-corrected chi connectivity index (χ0v) is 13.0. The Morgan fingerprint density at radius 3 is 2.52 bits per heavy atom. The van der Waals surface area contributed by atoms with Crippen molar-refractivity contribution in [2.24, 2.45) is 0 Å². The van der Waals surface area contributed by atoms with E-state index in [4.69, 9.17) is 0 Å². The molecule has 0 aliphatic heterocycles. The smallest absolute Gasteiger partial charge is 0.240 e. The van der Waals surface area contributed by atoms with E-state index in [1.54, 1.807) is 37.4 Å². The van der Waals surface area contributed by atoms with Crippen molar-refractivity contribution in [1.82, 2.24) is 14.3 Å². The molecule has 0 aliphatic carbocycles. The Labute approximate surface area is 125 Å². The van der Waals surface area contributed by atoms with Crippen LogP contribution < -0.4 is 10.0 Å². The third-order valence-corrected chi connectivity index (χ3v) is 4.65. The van der Waals surface area contributed by atoms with Crippen molar-refractivity contribution in [1.29, 1.82) is 0 Å². The van der Waals surface area contributed by atoms with E-state index in [0.29, 0.717) is 13.1 Å². The molecule has 1 aromatic heterocycles. The summed E-state index contributed by atoms with van der Waals surface area (Å²) in [7, 11) is -3.39. The van der Waals surface area contributed by atoms with Gasteiger partial charge in [-0.05, 0) is 31.2 Å². The van der Waals surface area contributed by atoms with E-state index in [2.05, 4.69) is 26.5 Å². The number of nitrogens with one attached hydrogen (secondary N) is 2. The van der Waals surface area contributed by atoms with Gasteiger partial charge in [0.2, 0.25) is 10.0 Å². The van der Waals surface area contributed by atoms with E-state index in [1.165, 1.54) is 0 Å². The fourth-order valence-corrected chi connectivity index (χ4v) is 3.04. The number of aryl methyl sites for hydroxylation is 1. The van der Waals surface area contributed by atoms with Crippen LogP contribution in [-0.4, -0.2) is 24.5 Å². The predicted molar refractivity (Wildman–Crippen MR) is 82.5 cm³/mol. The Balaban J connectivity index is 2.03. The van der Waals surface area contributed by atoms with E-state index in [0.717, 1.165) is 18.1 Å². The number of benzene rings is 1. The van der Waals surface area contributed by atoms with Crippen LogP contribution in [0.3, 0.4) is 0 Å². The second-order valence-electron chi connectivity index (χ2n) is 4.51. The molecule has 114 valence electrons. The Bertz CT molecular complexity index is 677. The molecular weight excluding hydrogens is 288 g/mol. The van der Waals surface area contributed by atoms with Gasteiger partial charge < -0.3 is 9.88 Å². The number of imidazole rings is 1. The summed E-state index contributed by atoms with van der Waals surface area (Å²) in [5, 5.41) is 3.23. The number of aromatic nitrogens is 2. The van der Waals surface area contributed by atoms with Crippen LogP contribution in [0.4, 0.5) is 5.69 Å². The Kier molecular flexibility index (Phi) is 4.98. The van der Waals surface area contributed by atoms with E-state index >= 15 is 0 Å². The second kappa shape index (κ2) is 6.73. The molecule has 2 rings (SSSR count). The van der Waals surface area contributed by atoms with Crippen LogP contribution in [-0.2, 0) is 23.1 Å². The molecule has 0 saturated heterocycles. The van der Waals surface area contributed by atoms with Crippen molar-refractivity contribution in [3.63, 3.8) is 0 Å². The quantitative estimate of drug-likeness (QED) is 0.818. The Hall–Kier alpha value is -1.86. The summed E-state index contributed by atoms with van der Waals surface area (Å²) in [6.45, 7) is 5.66. The first-order valence-corrected chi connectivity index (χ1v) is 8.38. The van der Waals surface area contributed by atoms with Gasteiger partial charge >= 0.3 is 0 Å². The zero-order valence-electron chi connectivity index (χ0n) is 12.2. The van der Waals surface area contributed by atoms with Crippen molar-refractivity contribution in [2.75, 3.05) is 11.9 Å². The molecule has 0 aliphatic rings. The van der Waals surface area contributed by atoms with Gasteiger partial charge in [-0.1, -0.05) is 6.92 Å². The molecule has 0 unspecified atom stereocenters. The summed E-state index contributed by atoms with van der Waals surface area (Å²) >= 11 is 0. The molecule has 21 heavy (non-hydrogen) atoms. The molecule has 0 bridgehead atoms. The molecular formula is C14H20N4O2S. The van der Waals surface area contributed by atoms with Gasteiger partial charge in [0.1, 0.15) is 5.82 Å². The average Bonchev–Trinajstić information content (AvgIpc) is 2.93. The number of anilines is 1. The van der Waals surface area contributed by atoms with Crippen molar-refractivity contribution in [2.45, 2.75) is 31.8 Å². The van der Waals surface area contributed by atoms with E-state index in [9.17, 15) is 8.42 Å². The normalized spacial score (nSPS) is 11.5. The maximum Gasteiger partial charge on any atom is 0.240 e. The van der Waals surface area contributed by atoms with Gasteiger partial charge in [0.25, 0.3) is 0 Å². The van der Waals surface area contributed by atoms with Crippen LogP contribution in [0.1, 0.15) is 19.7 Å². The van der Waals surface area contributed by atoms with E-state index in [-0.39, 0.29) is 4.90 Å². The highest BCUT2D eigenvalue weighted by molar-refractivity contribution is 7.89. The minimum absolute atomic E-state index is 0.268. The van der Waals surface area contributed by atoms with Crippen LogP contribution in [0, 0.1) is 0 Å². The first kappa shape index (κ1) is 15.5. The third kappa shape index (κ3) is 3.83. The van der Waals surface area contributed by atoms with Crippen LogP contribution in [0.2, 0.25) is 0 Å². The number of hydrogen-bond acceptors (Lipinski definition) is 4. The highest BCUT2D eigenvalue weighted by Gasteiger charge is 2.11. The Morgan fingerprint density at radius 2 is 1.90 bits per heavy atom. The van der Waals surface area contributed by atoms with Gasteiger partial charge in [-0.3, -0.25) is 0 Å².